The van der Waals surface area contributed by atoms with Gasteiger partial charge in [-0.2, -0.15) is 0 Å². The quantitative estimate of drug-likeness (QED) is 0.692. The molecule has 1 saturated carbocycles. The molecule has 1 aliphatic carbocycles. The van der Waals surface area contributed by atoms with Crippen molar-refractivity contribution in [3.8, 4) is 0 Å². The Labute approximate surface area is 145 Å². The van der Waals surface area contributed by atoms with Gasteiger partial charge in [0.05, 0.1) is 6.10 Å². The van der Waals surface area contributed by atoms with Crippen molar-refractivity contribution in [2.45, 2.75) is 46.1 Å². The summed E-state index contributed by atoms with van der Waals surface area (Å²) in [6, 6.07) is 0. The van der Waals surface area contributed by atoms with Crippen LogP contribution < -0.4 is 51.4 Å². The summed E-state index contributed by atoms with van der Waals surface area (Å²) < 4.78 is 41.6. The summed E-state index contributed by atoms with van der Waals surface area (Å²) in [6.07, 6.45) is 2.68. The van der Waals surface area contributed by atoms with Crippen LogP contribution in [0.4, 0.5) is 12.9 Å². The smallest absolute Gasteiger partial charge is 0.447 e. The summed E-state index contributed by atoms with van der Waals surface area (Å²) in [5.74, 6) is 1.17. The minimum absolute atomic E-state index is 0. The molecule has 0 bridgehead atoms. The minimum atomic E-state index is -4.81. The summed E-state index contributed by atoms with van der Waals surface area (Å²) in [7, 11) is 0. The second kappa shape index (κ2) is 7.90. The molecular formula is C11H21BF3KO. The van der Waals surface area contributed by atoms with E-state index in [1.54, 1.807) is 0 Å². The summed E-state index contributed by atoms with van der Waals surface area (Å²) in [5.41, 5.74) is 0. The Morgan fingerprint density at radius 3 is 2.29 bits per heavy atom. The molecule has 1 fully saturated rings. The molecule has 17 heavy (non-hydrogen) atoms. The number of rotatable bonds is 4. The number of ether oxygens (including phenoxy) is 1. The van der Waals surface area contributed by atoms with Crippen LogP contribution in [0, 0.1) is 17.8 Å². The molecule has 1 rings (SSSR count). The molecular weight excluding hydrogens is 255 g/mol. The zero-order chi connectivity index (χ0) is 12.3. The number of halogens is 3. The fraction of sp³-hybridized carbons (Fsp3) is 1.00. The molecule has 0 amide bonds. The molecule has 0 aromatic rings. The van der Waals surface area contributed by atoms with E-state index in [4.69, 9.17) is 4.74 Å². The van der Waals surface area contributed by atoms with Gasteiger partial charge in [-0.05, 0) is 30.6 Å². The molecule has 0 radical (unpaired) electrons. The maximum Gasteiger partial charge on any atom is 1.00 e. The van der Waals surface area contributed by atoms with Crippen molar-refractivity contribution >= 4 is 6.98 Å². The topological polar surface area (TPSA) is 9.23 Å². The van der Waals surface area contributed by atoms with Crippen molar-refractivity contribution in [2.75, 3.05) is 6.51 Å². The Hall–Kier alpha value is 1.45. The van der Waals surface area contributed by atoms with E-state index in [0.717, 1.165) is 19.3 Å². The largest absolute Gasteiger partial charge is 1.00 e. The van der Waals surface area contributed by atoms with Crippen LogP contribution in [0.3, 0.4) is 0 Å². The molecule has 1 aliphatic rings. The molecule has 0 unspecified atom stereocenters. The molecule has 3 atom stereocenters. The van der Waals surface area contributed by atoms with E-state index in [0.29, 0.717) is 11.8 Å². The van der Waals surface area contributed by atoms with Crippen molar-refractivity contribution in [3.63, 3.8) is 0 Å². The number of hydrogen-bond acceptors (Lipinski definition) is 1. The Morgan fingerprint density at radius 1 is 1.24 bits per heavy atom. The molecule has 0 saturated heterocycles. The predicted octanol–water partition coefficient (Wildman–Crippen LogP) is 0.854. The number of hydrogen-bond donors (Lipinski definition) is 0. The molecule has 0 heterocycles. The van der Waals surface area contributed by atoms with Gasteiger partial charge < -0.3 is 17.7 Å². The first-order valence-electron chi connectivity index (χ1n) is 6.12. The molecule has 0 spiro atoms. The van der Waals surface area contributed by atoms with Gasteiger partial charge in [-0.15, -0.1) is 0 Å². The molecule has 0 aliphatic heterocycles. The molecule has 6 heteroatoms. The van der Waals surface area contributed by atoms with Gasteiger partial charge >= 0.3 is 58.4 Å². The standard InChI is InChI=1S/C11H21BF3O.K/c1-8(2)10-5-4-9(3)6-11(10)16-7-12(13,14)15;/h8-11H,4-7H2,1-3H3;/q-1;+1/t9-,10+,11-;/m1./s1. The minimum Gasteiger partial charge on any atom is -0.447 e. The van der Waals surface area contributed by atoms with Gasteiger partial charge in [-0.1, -0.05) is 27.2 Å². The van der Waals surface area contributed by atoms with Gasteiger partial charge in [0.15, 0.2) is 0 Å². The molecule has 96 valence electrons. The summed E-state index contributed by atoms with van der Waals surface area (Å²) in [4.78, 5) is 0. The van der Waals surface area contributed by atoms with Gasteiger partial charge in [-0.25, -0.2) is 0 Å². The van der Waals surface area contributed by atoms with Crippen molar-refractivity contribution in [1.29, 1.82) is 0 Å². The van der Waals surface area contributed by atoms with Crippen LogP contribution in [0.15, 0.2) is 0 Å². The zero-order valence-electron chi connectivity index (χ0n) is 11.3. The Bertz CT molecular complexity index is 223. The van der Waals surface area contributed by atoms with Crippen LogP contribution in [-0.4, -0.2) is 19.6 Å². The molecule has 0 aromatic carbocycles. The monoisotopic (exact) mass is 276 g/mol. The summed E-state index contributed by atoms with van der Waals surface area (Å²) in [6.45, 7) is 0.368. The molecule has 0 aromatic heterocycles. The first-order valence-corrected chi connectivity index (χ1v) is 6.12. The third-order valence-corrected chi connectivity index (χ3v) is 3.46. The van der Waals surface area contributed by atoms with Gasteiger partial charge in [-0.3, -0.25) is 0 Å². The van der Waals surface area contributed by atoms with Gasteiger partial charge in [0.25, 0.3) is 0 Å². The fourth-order valence-corrected chi connectivity index (χ4v) is 2.54. The normalized spacial score (nSPS) is 30.2. The van der Waals surface area contributed by atoms with Crippen molar-refractivity contribution in [1.82, 2.24) is 0 Å². The van der Waals surface area contributed by atoms with Crippen LogP contribution in [0.1, 0.15) is 40.0 Å². The Kier molecular flexibility index (Phi) is 8.57. The van der Waals surface area contributed by atoms with Crippen LogP contribution in [0.2, 0.25) is 0 Å². The van der Waals surface area contributed by atoms with Crippen LogP contribution in [0.25, 0.3) is 0 Å². The van der Waals surface area contributed by atoms with Crippen LogP contribution in [0.5, 0.6) is 0 Å². The third kappa shape index (κ3) is 6.97. The maximum absolute atomic E-state index is 12.2. The van der Waals surface area contributed by atoms with Crippen molar-refractivity contribution < 1.29 is 69.1 Å². The van der Waals surface area contributed by atoms with E-state index in [-0.39, 0.29) is 63.4 Å². The fourth-order valence-electron chi connectivity index (χ4n) is 2.54. The average molecular weight is 276 g/mol. The second-order valence-electron chi connectivity index (χ2n) is 5.41. The Morgan fingerprint density at radius 2 is 1.82 bits per heavy atom. The first-order chi connectivity index (χ1) is 7.29. The van der Waals surface area contributed by atoms with Gasteiger partial charge in [0.2, 0.25) is 0 Å². The van der Waals surface area contributed by atoms with E-state index < -0.39 is 13.5 Å². The maximum atomic E-state index is 12.2. The SMILES string of the molecule is CC(C)[C@@H]1CC[C@@H](C)C[C@H]1OC[B-](F)(F)F.[K+]. The van der Waals surface area contributed by atoms with E-state index in [2.05, 4.69) is 20.8 Å². The van der Waals surface area contributed by atoms with Crippen molar-refractivity contribution in [2.24, 2.45) is 17.8 Å². The van der Waals surface area contributed by atoms with E-state index >= 15 is 0 Å². The zero-order valence-corrected chi connectivity index (χ0v) is 14.4. The predicted molar refractivity (Wildman–Crippen MR) is 60.2 cm³/mol. The van der Waals surface area contributed by atoms with E-state index in [9.17, 15) is 12.9 Å². The first kappa shape index (κ1) is 18.5. The summed E-state index contributed by atoms with van der Waals surface area (Å²) in [5, 5.41) is 0. The molecule has 0 N–H and O–H groups in total. The van der Waals surface area contributed by atoms with E-state index in [1.165, 1.54) is 0 Å². The van der Waals surface area contributed by atoms with E-state index in [1.807, 2.05) is 0 Å². The van der Waals surface area contributed by atoms with Crippen LogP contribution in [-0.2, 0) is 4.74 Å². The summed E-state index contributed by atoms with van der Waals surface area (Å²) >= 11 is 0. The van der Waals surface area contributed by atoms with Gasteiger partial charge in [0.1, 0.15) is 0 Å². The second-order valence-corrected chi connectivity index (χ2v) is 5.41. The van der Waals surface area contributed by atoms with Crippen LogP contribution >= 0.6 is 0 Å². The molecule has 1 nitrogen and oxygen atoms in total. The Balaban J connectivity index is 0.00000256. The average Bonchev–Trinajstić information content (AvgIpc) is 2.13. The van der Waals surface area contributed by atoms with Gasteiger partial charge in [0, 0.05) is 6.51 Å². The third-order valence-electron chi connectivity index (χ3n) is 3.46. The van der Waals surface area contributed by atoms with Crippen molar-refractivity contribution in [3.05, 3.63) is 0 Å².